The van der Waals surface area contributed by atoms with Crippen LogP contribution in [0.3, 0.4) is 0 Å². The Bertz CT molecular complexity index is 484. The molecule has 0 atom stereocenters. The van der Waals surface area contributed by atoms with Crippen molar-refractivity contribution in [2.24, 2.45) is 7.05 Å². The fourth-order valence-electron chi connectivity index (χ4n) is 1.21. The molecule has 0 saturated heterocycles. The van der Waals surface area contributed by atoms with Crippen LogP contribution in [0.5, 0.6) is 0 Å². The van der Waals surface area contributed by atoms with Crippen molar-refractivity contribution in [1.82, 2.24) is 14.8 Å². The maximum atomic E-state index is 6.02. The molecule has 2 rings (SSSR count). The molecular weight excluding hydrogens is 256 g/mol. The van der Waals surface area contributed by atoms with E-state index in [1.807, 2.05) is 0 Å². The molecule has 0 aliphatic rings. The zero-order valence-electron chi connectivity index (χ0n) is 7.71. The summed E-state index contributed by atoms with van der Waals surface area (Å²) < 4.78 is 1.58. The van der Waals surface area contributed by atoms with Crippen molar-refractivity contribution in [3.8, 4) is 11.4 Å². The predicted molar refractivity (Wildman–Crippen MR) is 61.5 cm³/mol. The van der Waals surface area contributed by atoms with Gasteiger partial charge in [-0.15, -0.1) is 0 Å². The maximum Gasteiger partial charge on any atom is 0.184 e. The fourth-order valence-corrected chi connectivity index (χ4v) is 2.20. The third-order valence-corrected chi connectivity index (χ3v) is 2.64. The Morgan fingerprint density at radius 1 is 1.13 bits per heavy atom. The van der Waals surface area contributed by atoms with Crippen LogP contribution in [0.2, 0.25) is 15.1 Å². The average Bonchev–Trinajstić information content (AvgIpc) is 2.49. The topological polar surface area (TPSA) is 30.7 Å². The van der Waals surface area contributed by atoms with Gasteiger partial charge in [-0.05, 0) is 12.1 Å². The zero-order chi connectivity index (χ0) is 11.0. The van der Waals surface area contributed by atoms with Gasteiger partial charge in [0.2, 0.25) is 0 Å². The van der Waals surface area contributed by atoms with Crippen molar-refractivity contribution < 1.29 is 0 Å². The summed E-state index contributed by atoms with van der Waals surface area (Å²) in [6.45, 7) is 0. The number of rotatable bonds is 1. The number of benzene rings is 1. The molecule has 0 bridgehead atoms. The van der Waals surface area contributed by atoms with E-state index in [4.69, 9.17) is 34.8 Å². The minimum absolute atomic E-state index is 0.443. The number of hydrogen-bond acceptors (Lipinski definition) is 2. The molecule has 6 heteroatoms. The van der Waals surface area contributed by atoms with Gasteiger partial charge in [0.1, 0.15) is 6.33 Å². The molecule has 0 saturated carbocycles. The molecule has 1 aromatic carbocycles. The standard InChI is InChI=1S/C9H6Cl3N3/c1-15-4-13-9(14-15)8-6(11)2-5(10)3-7(8)12/h2-4H,1H3. The van der Waals surface area contributed by atoms with Gasteiger partial charge in [0.05, 0.1) is 15.6 Å². The van der Waals surface area contributed by atoms with Crippen LogP contribution in [0.1, 0.15) is 0 Å². The number of hydrogen-bond donors (Lipinski definition) is 0. The second-order valence-electron chi connectivity index (χ2n) is 2.99. The van der Waals surface area contributed by atoms with Gasteiger partial charge in [-0.1, -0.05) is 34.8 Å². The van der Waals surface area contributed by atoms with E-state index in [0.717, 1.165) is 0 Å². The van der Waals surface area contributed by atoms with Crippen LogP contribution in [0.4, 0.5) is 0 Å². The summed E-state index contributed by atoms with van der Waals surface area (Å²) in [5, 5.41) is 5.50. The first kappa shape index (κ1) is 10.7. The molecule has 3 nitrogen and oxygen atoms in total. The Balaban J connectivity index is 2.62. The smallest absolute Gasteiger partial charge is 0.184 e. The molecule has 0 spiro atoms. The molecule has 2 aromatic rings. The van der Waals surface area contributed by atoms with Crippen LogP contribution in [-0.2, 0) is 7.05 Å². The molecular formula is C9H6Cl3N3. The summed E-state index contributed by atoms with van der Waals surface area (Å²) in [6, 6.07) is 3.22. The lowest BCUT2D eigenvalue weighted by Gasteiger charge is -2.03. The number of halogens is 3. The van der Waals surface area contributed by atoms with E-state index < -0.39 is 0 Å². The SMILES string of the molecule is Cn1cnc(-c2c(Cl)cc(Cl)cc2Cl)n1. The number of aromatic nitrogens is 3. The van der Waals surface area contributed by atoms with Crippen LogP contribution >= 0.6 is 34.8 Å². The summed E-state index contributed by atoms with van der Waals surface area (Å²) in [5.74, 6) is 0.490. The van der Waals surface area contributed by atoms with E-state index in [1.54, 1.807) is 30.2 Å². The lowest BCUT2D eigenvalue weighted by molar-refractivity contribution is 0.768. The largest absolute Gasteiger partial charge is 0.255 e. The summed E-state index contributed by atoms with van der Waals surface area (Å²) in [7, 11) is 1.77. The van der Waals surface area contributed by atoms with Gasteiger partial charge in [0, 0.05) is 12.1 Å². The highest BCUT2D eigenvalue weighted by Gasteiger charge is 2.13. The normalized spacial score (nSPS) is 10.7. The van der Waals surface area contributed by atoms with E-state index in [9.17, 15) is 0 Å². The first-order chi connectivity index (χ1) is 7.08. The maximum absolute atomic E-state index is 6.02. The van der Waals surface area contributed by atoms with Crippen molar-refractivity contribution in [3.63, 3.8) is 0 Å². The summed E-state index contributed by atoms with van der Waals surface area (Å²) >= 11 is 17.8. The van der Waals surface area contributed by atoms with Gasteiger partial charge < -0.3 is 0 Å². The molecule has 0 aliphatic carbocycles. The summed E-state index contributed by atoms with van der Waals surface area (Å²) in [6.07, 6.45) is 1.58. The van der Waals surface area contributed by atoms with Crippen molar-refractivity contribution in [3.05, 3.63) is 33.5 Å². The highest BCUT2D eigenvalue weighted by Crippen LogP contribution is 2.35. The zero-order valence-corrected chi connectivity index (χ0v) is 9.98. The average molecular weight is 263 g/mol. The predicted octanol–water partition coefficient (Wildman–Crippen LogP) is 3.44. The lowest BCUT2D eigenvalue weighted by atomic mass is 10.2. The lowest BCUT2D eigenvalue weighted by Crippen LogP contribution is -1.89. The number of nitrogens with zero attached hydrogens (tertiary/aromatic N) is 3. The van der Waals surface area contributed by atoms with Gasteiger partial charge in [-0.2, -0.15) is 5.10 Å². The van der Waals surface area contributed by atoms with Crippen LogP contribution in [0.15, 0.2) is 18.5 Å². The van der Waals surface area contributed by atoms with E-state index in [1.165, 1.54) is 0 Å². The first-order valence-electron chi connectivity index (χ1n) is 4.08. The summed E-state index contributed by atoms with van der Waals surface area (Å²) in [4.78, 5) is 4.08. The van der Waals surface area contributed by atoms with Crippen molar-refractivity contribution in [1.29, 1.82) is 0 Å². The Kier molecular flexibility index (Phi) is 2.87. The van der Waals surface area contributed by atoms with Crippen LogP contribution in [-0.4, -0.2) is 14.8 Å². The Hall–Kier alpha value is -0.770. The van der Waals surface area contributed by atoms with Gasteiger partial charge >= 0.3 is 0 Å². The van der Waals surface area contributed by atoms with Crippen LogP contribution in [0.25, 0.3) is 11.4 Å². The molecule has 0 radical (unpaired) electrons. The highest BCUT2D eigenvalue weighted by molar-refractivity contribution is 6.41. The van der Waals surface area contributed by atoms with E-state index in [2.05, 4.69) is 10.1 Å². The second-order valence-corrected chi connectivity index (χ2v) is 4.24. The Morgan fingerprint density at radius 2 is 1.73 bits per heavy atom. The molecule has 0 N–H and O–H groups in total. The van der Waals surface area contributed by atoms with Crippen molar-refractivity contribution >= 4 is 34.8 Å². The molecule has 0 aliphatic heterocycles. The van der Waals surface area contributed by atoms with Gasteiger partial charge in [-0.3, -0.25) is 4.68 Å². The Morgan fingerprint density at radius 3 is 2.20 bits per heavy atom. The molecule has 1 heterocycles. The number of aryl methyl sites for hydroxylation is 1. The van der Waals surface area contributed by atoms with Gasteiger partial charge in [0.25, 0.3) is 0 Å². The summed E-state index contributed by atoms with van der Waals surface area (Å²) in [5.41, 5.74) is 0.600. The molecule has 0 unspecified atom stereocenters. The quantitative estimate of drug-likeness (QED) is 0.788. The minimum Gasteiger partial charge on any atom is -0.255 e. The first-order valence-corrected chi connectivity index (χ1v) is 5.22. The third-order valence-electron chi connectivity index (χ3n) is 1.83. The minimum atomic E-state index is 0.443. The molecule has 0 amide bonds. The molecule has 78 valence electrons. The second kappa shape index (κ2) is 4.00. The van der Waals surface area contributed by atoms with Crippen LogP contribution < -0.4 is 0 Å². The van der Waals surface area contributed by atoms with Gasteiger partial charge in [-0.25, -0.2) is 4.98 Å². The van der Waals surface area contributed by atoms with Crippen molar-refractivity contribution in [2.45, 2.75) is 0 Å². The van der Waals surface area contributed by atoms with E-state index in [0.29, 0.717) is 26.5 Å². The third kappa shape index (κ3) is 2.09. The van der Waals surface area contributed by atoms with Crippen LogP contribution in [0, 0.1) is 0 Å². The van der Waals surface area contributed by atoms with Crippen molar-refractivity contribution in [2.75, 3.05) is 0 Å². The molecule has 0 fully saturated rings. The van der Waals surface area contributed by atoms with E-state index in [-0.39, 0.29) is 0 Å². The highest BCUT2D eigenvalue weighted by atomic mass is 35.5. The molecule has 1 aromatic heterocycles. The van der Waals surface area contributed by atoms with E-state index >= 15 is 0 Å². The molecule has 15 heavy (non-hydrogen) atoms. The Labute approximate surface area is 102 Å². The fraction of sp³-hybridized carbons (Fsp3) is 0.111. The monoisotopic (exact) mass is 261 g/mol. The van der Waals surface area contributed by atoms with Gasteiger partial charge in [0.15, 0.2) is 5.82 Å².